The van der Waals surface area contributed by atoms with E-state index in [4.69, 9.17) is 4.74 Å². The van der Waals surface area contributed by atoms with Gasteiger partial charge in [-0.2, -0.15) is 0 Å². The van der Waals surface area contributed by atoms with Gasteiger partial charge in [-0.25, -0.2) is 4.79 Å². The molecule has 0 N–H and O–H groups in total. The molecular formula is C15H23NO3. The Labute approximate surface area is 114 Å². The lowest BCUT2D eigenvalue weighted by atomic mass is 10.0. The van der Waals surface area contributed by atoms with Gasteiger partial charge in [0.1, 0.15) is 0 Å². The lowest BCUT2D eigenvalue weighted by molar-refractivity contribution is 0.0523. The van der Waals surface area contributed by atoms with Crippen LogP contribution in [0.2, 0.25) is 0 Å². The minimum atomic E-state index is -0.359. The summed E-state index contributed by atoms with van der Waals surface area (Å²) in [5.41, 5.74) is 1.80. The van der Waals surface area contributed by atoms with Crippen LogP contribution in [-0.4, -0.2) is 17.1 Å². The minimum absolute atomic E-state index is 0.0428. The molecule has 1 rings (SSSR count). The molecule has 106 valence electrons. The third-order valence-electron chi connectivity index (χ3n) is 3.55. The van der Waals surface area contributed by atoms with E-state index in [1.165, 1.54) is 6.07 Å². The predicted octanol–water partition coefficient (Wildman–Crippen LogP) is 2.86. The van der Waals surface area contributed by atoms with Gasteiger partial charge in [0, 0.05) is 17.8 Å². The SMILES string of the molecule is CCOC(=O)c1c(C)cc(=O)n(C(C)C(C)C)c1C. The number of hydrogen-bond donors (Lipinski definition) is 0. The van der Waals surface area contributed by atoms with Crippen molar-refractivity contribution < 1.29 is 9.53 Å². The monoisotopic (exact) mass is 265 g/mol. The van der Waals surface area contributed by atoms with E-state index in [1.54, 1.807) is 25.3 Å². The normalized spacial score (nSPS) is 12.6. The van der Waals surface area contributed by atoms with Crippen molar-refractivity contribution in [1.82, 2.24) is 4.57 Å². The smallest absolute Gasteiger partial charge is 0.340 e. The Morgan fingerprint density at radius 1 is 1.32 bits per heavy atom. The number of aryl methyl sites for hydroxylation is 1. The Kier molecular flexibility index (Phi) is 4.92. The molecule has 0 amide bonds. The summed E-state index contributed by atoms with van der Waals surface area (Å²) in [6.07, 6.45) is 0. The Balaban J connectivity index is 3.47. The molecule has 4 heteroatoms. The number of pyridine rings is 1. The van der Waals surface area contributed by atoms with E-state index in [0.29, 0.717) is 29.3 Å². The quantitative estimate of drug-likeness (QED) is 0.786. The molecule has 1 aromatic rings. The second-order valence-corrected chi connectivity index (χ2v) is 5.20. The van der Waals surface area contributed by atoms with Gasteiger partial charge in [0.2, 0.25) is 0 Å². The summed E-state index contributed by atoms with van der Waals surface area (Å²) in [6.45, 7) is 11.8. The van der Waals surface area contributed by atoms with Crippen LogP contribution in [0.15, 0.2) is 10.9 Å². The Morgan fingerprint density at radius 2 is 1.89 bits per heavy atom. The Bertz CT molecular complexity index is 529. The lowest BCUT2D eigenvalue weighted by Gasteiger charge is -2.23. The highest BCUT2D eigenvalue weighted by Gasteiger charge is 2.21. The van der Waals surface area contributed by atoms with Crippen molar-refractivity contribution in [3.63, 3.8) is 0 Å². The van der Waals surface area contributed by atoms with Crippen molar-refractivity contribution >= 4 is 5.97 Å². The van der Waals surface area contributed by atoms with Gasteiger partial charge in [-0.05, 0) is 39.2 Å². The summed E-state index contributed by atoms with van der Waals surface area (Å²) in [7, 11) is 0. The molecule has 0 radical (unpaired) electrons. The lowest BCUT2D eigenvalue weighted by Crippen LogP contribution is -2.30. The number of hydrogen-bond acceptors (Lipinski definition) is 3. The first kappa shape index (κ1) is 15.5. The van der Waals surface area contributed by atoms with E-state index in [9.17, 15) is 9.59 Å². The fourth-order valence-corrected chi connectivity index (χ4v) is 2.21. The molecule has 1 atom stereocenters. The largest absolute Gasteiger partial charge is 0.462 e. The summed E-state index contributed by atoms with van der Waals surface area (Å²) in [5, 5.41) is 0. The number of nitrogens with zero attached hydrogens (tertiary/aromatic N) is 1. The molecule has 0 aliphatic heterocycles. The first-order chi connectivity index (χ1) is 8.81. The number of aromatic nitrogens is 1. The molecule has 0 saturated carbocycles. The van der Waals surface area contributed by atoms with Gasteiger partial charge in [-0.3, -0.25) is 4.79 Å². The standard InChI is InChI=1S/C15H23NO3/c1-7-19-15(18)14-10(4)8-13(17)16(12(14)6)11(5)9(2)3/h8-9,11H,7H2,1-6H3. The summed E-state index contributed by atoms with van der Waals surface area (Å²) < 4.78 is 6.75. The fraction of sp³-hybridized carbons (Fsp3) is 0.600. The van der Waals surface area contributed by atoms with Crippen LogP contribution in [0.1, 0.15) is 55.4 Å². The van der Waals surface area contributed by atoms with Crippen molar-refractivity contribution in [2.45, 2.75) is 47.6 Å². The molecular weight excluding hydrogens is 242 g/mol. The second-order valence-electron chi connectivity index (χ2n) is 5.20. The minimum Gasteiger partial charge on any atom is -0.462 e. The van der Waals surface area contributed by atoms with E-state index < -0.39 is 0 Å². The second kappa shape index (κ2) is 6.04. The highest BCUT2D eigenvalue weighted by atomic mass is 16.5. The van der Waals surface area contributed by atoms with Crippen molar-refractivity contribution in [1.29, 1.82) is 0 Å². The summed E-state index contributed by atoms with van der Waals surface area (Å²) >= 11 is 0. The highest BCUT2D eigenvalue weighted by Crippen LogP contribution is 2.20. The number of ether oxygens (including phenoxy) is 1. The van der Waals surface area contributed by atoms with Gasteiger partial charge in [0.05, 0.1) is 12.2 Å². The molecule has 0 aliphatic carbocycles. The van der Waals surface area contributed by atoms with Crippen molar-refractivity contribution in [2.75, 3.05) is 6.61 Å². The molecule has 1 aromatic heterocycles. The fourth-order valence-electron chi connectivity index (χ4n) is 2.21. The van der Waals surface area contributed by atoms with Crippen LogP contribution in [0.3, 0.4) is 0 Å². The molecule has 0 fully saturated rings. The van der Waals surface area contributed by atoms with Gasteiger partial charge in [-0.15, -0.1) is 0 Å². The van der Waals surface area contributed by atoms with Crippen LogP contribution >= 0.6 is 0 Å². The average Bonchev–Trinajstić information content (AvgIpc) is 2.28. The first-order valence-corrected chi connectivity index (χ1v) is 6.71. The van der Waals surface area contributed by atoms with Crippen LogP contribution < -0.4 is 5.56 Å². The maximum absolute atomic E-state index is 12.2. The number of rotatable bonds is 4. The number of esters is 1. The van der Waals surface area contributed by atoms with Crippen molar-refractivity contribution in [3.05, 3.63) is 33.2 Å². The topological polar surface area (TPSA) is 48.3 Å². The third kappa shape index (κ3) is 3.06. The zero-order valence-corrected chi connectivity index (χ0v) is 12.6. The number of carbonyl (C=O) groups is 1. The third-order valence-corrected chi connectivity index (χ3v) is 3.55. The summed E-state index contributed by atoms with van der Waals surface area (Å²) in [4.78, 5) is 24.2. The average molecular weight is 265 g/mol. The molecule has 19 heavy (non-hydrogen) atoms. The van der Waals surface area contributed by atoms with Gasteiger partial charge < -0.3 is 9.30 Å². The van der Waals surface area contributed by atoms with Crippen LogP contribution in [-0.2, 0) is 4.74 Å². The number of carbonyl (C=O) groups excluding carboxylic acids is 1. The summed E-state index contributed by atoms with van der Waals surface area (Å²) in [5.74, 6) is -0.0450. The molecule has 1 unspecified atom stereocenters. The van der Waals surface area contributed by atoms with E-state index >= 15 is 0 Å². The first-order valence-electron chi connectivity index (χ1n) is 6.71. The molecule has 0 aliphatic rings. The maximum atomic E-state index is 12.2. The Morgan fingerprint density at radius 3 is 2.37 bits per heavy atom. The van der Waals surface area contributed by atoms with E-state index in [0.717, 1.165) is 0 Å². The Hall–Kier alpha value is -1.58. The predicted molar refractivity (Wildman–Crippen MR) is 75.7 cm³/mol. The summed E-state index contributed by atoms with van der Waals surface area (Å²) in [6, 6.07) is 1.55. The van der Waals surface area contributed by atoms with Crippen LogP contribution in [0.25, 0.3) is 0 Å². The van der Waals surface area contributed by atoms with Gasteiger partial charge in [0.25, 0.3) is 5.56 Å². The maximum Gasteiger partial charge on any atom is 0.340 e. The van der Waals surface area contributed by atoms with E-state index in [2.05, 4.69) is 13.8 Å². The van der Waals surface area contributed by atoms with Crippen LogP contribution in [0.5, 0.6) is 0 Å². The zero-order chi connectivity index (χ0) is 14.7. The molecule has 0 saturated heterocycles. The van der Waals surface area contributed by atoms with Gasteiger partial charge >= 0.3 is 5.97 Å². The van der Waals surface area contributed by atoms with E-state index in [-0.39, 0.29) is 17.6 Å². The van der Waals surface area contributed by atoms with Gasteiger partial charge in [-0.1, -0.05) is 13.8 Å². The molecule has 0 bridgehead atoms. The molecule has 0 spiro atoms. The molecule has 0 aromatic carbocycles. The van der Waals surface area contributed by atoms with Crippen LogP contribution in [0.4, 0.5) is 0 Å². The van der Waals surface area contributed by atoms with Crippen LogP contribution in [0, 0.1) is 19.8 Å². The van der Waals surface area contributed by atoms with Crippen molar-refractivity contribution in [3.8, 4) is 0 Å². The highest BCUT2D eigenvalue weighted by molar-refractivity contribution is 5.92. The van der Waals surface area contributed by atoms with Gasteiger partial charge in [0.15, 0.2) is 0 Å². The zero-order valence-electron chi connectivity index (χ0n) is 12.6. The molecule has 1 heterocycles. The molecule has 4 nitrogen and oxygen atoms in total. The van der Waals surface area contributed by atoms with E-state index in [1.807, 2.05) is 6.92 Å². The van der Waals surface area contributed by atoms with Crippen molar-refractivity contribution in [2.24, 2.45) is 5.92 Å².